The van der Waals surface area contributed by atoms with Crippen molar-refractivity contribution < 1.29 is 27.1 Å². The summed E-state index contributed by atoms with van der Waals surface area (Å²) in [7, 11) is 0. The Morgan fingerprint density at radius 2 is 1.97 bits per heavy atom. The van der Waals surface area contributed by atoms with Crippen molar-refractivity contribution in [2.75, 3.05) is 13.2 Å². The summed E-state index contributed by atoms with van der Waals surface area (Å²) >= 11 is 6.33. The highest BCUT2D eigenvalue weighted by Crippen LogP contribution is 2.41. The standard InChI is InChI=1S/C19H20ClF4N3O2/c1-2-29-17(28)15-11(6-9-25-19(7-8-19)18(23)24)16(20)27(26-15)10-12-13(21)4-3-5-14(12)22/h3-5,18,25H,2,6-10H2,1H3. The van der Waals surface area contributed by atoms with Gasteiger partial charge in [0.15, 0.2) is 5.69 Å². The van der Waals surface area contributed by atoms with Gasteiger partial charge in [-0.25, -0.2) is 27.0 Å². The molecule has 1 fully saturated rings. The highest BCUT2D eigenvalue weighted by molar-refractivity contribution is 6.30. The molecule has 1 N–H and O–H groups in total. The molecule has 29 heavy (non-hydrogen) atoms. The lowest BCUT2D eigenvalue weighted by Gasteiger charge is -2.16. The minimum absolute atomic E-state index is 0.000556. The maximum absolute atomic E-state index is 14.0. The minimum atomic E-state index is -2.49. The Morgan fingerprint density at radius 3 is 2.52 bits per heavy atom. The number of nitrogens with one attached hydrogen (secondary N) is 1. The number of carbonyl (C=O) groups excluding carboxylic acids is 1. The van der Waals surface area contributed by atoms with Gasteiger partial charge in [-0.05, 0) is 38.3 Å². The van der Waals surface area contributed by atoms with Crippen LogP contribution in [-0.4, -0.2) is 40.9 Å². The number of halogens is 5. The highest BCUT2D eigenvalue weighted by atomic mass is 35.5. The number of nitrogens with zero attached hydrogens (tertiary/aromatic N) is 2. The average molecular weight is 434 g/mol. The van der Waals surface area contributed by atoms with Gasteiger partial charge in [0.05, 0.1) is 18.7 Å². The SMILES string of the molecule is CCOC(=O)c1nn(Cc2c(F)cccc2F)c(Cl)c1CCNC1(C(F)F)CC1. The van der Waals surface area contributed by atoms with Crippen LogP contribution in [0.2, 0.25) is 5.15 Å². The van der Waals surface area contributed by atoms with Gasteiger partial charge in [-0.15, -0.1) is 0 Å². The maximum Gasteiger partial charge on any atom is 0.359 e. The van der Waals surface area contributed by atoms with Crippen molar-refractivity contribution in [1.82, 2.24) is 15.1 Å². The van der Waals surface area contributed by atoms with Crippen LogP contribution in [0.4, 0.5) is 17.6 Å². The fourth-order valence-electron chi connectivity index (χ4n) is 3.04. The smallest absolute Gasteiger partial charge is 0.359 e. The molecular formula is C19H20ClF4N3O2. The number of alkyl halides is 2. The monoisotopic (exact) mass is 433 g/mol. The van der Waals surface area contributed by atoms with Crippen LogP contribution in [0.5, 0.6) is 0 Å². The van der Waals surface area contributed by atoms with Gasteiger partial charge in [-0.1, -0.05) is 17.7 Å². The number of aromatic nitrogens is 2. The normalized spacial score (nSPS) is 15.0. The molecule has 2 aromatic rings. The summed E-state index contributed by atoms with van der Waals surface area (Å²) in [5.41, 5.74) is -1.27. The fraction of sp³-hybridized carbons (Fsp3) is 0.474. The molecule has 1 saturated carbocycles. The van der Waals surface area contributed by atoms with E-state index in [1.165, 1.54) is 6.07 Å². The van der Waals surface area contributed by atoms with Crippen LogP contribution in [0.25, 0.3) is 0 Å². The molecule has 0 aliphatic heterocycles. The van der Waals surface area contributed by atoms with E-state index in [1.807, 2.05) is 0 Å². The molecule has 3 rings (SSSR count). The first-order chi connectivity index (χ1) is 13.8. The Hall–Kier alpha value is -2.13. The van der Waals surface area contributed by atoms with E-state index in [4.69, 9.17) is 16.3 Å². The molecule has 1 heterocycles. The first kappa shape index (κ1) is 21.6. The molecule has 0 unspecified atom stereocenters. The molecule has 0 spiro atoms. The summed E-state index contributed by atoms with van der Waals surface area (Å²) in [6.07, 6.45) is -1.63. The lowest BCUT2D eigenvalue weighted by Crippen LogP contribution is -2.39. The van der Waals surface area contributed by atoms with Crippen LogP contribution in [-0.2, 0) is 17.7 Å². The van der Waals surface area contributed by atoms with E-state index < -0.39 is 29.6 Å². The number of rotatable bonds is 9. The molecular weight excluding hydrogens is 414 g/mol. The van der Waals surface area contributed by atoms with E-state index in [0.717, 1.165) is 16.8 Å². The first-order valence-corrected chi connectivity index (χ1v) is 9.55. The summed E-state index contributed by atoms with van der Waals surface area (Å²) in [6, 6.07) is 3.44. The number of ether oxygens (including phenoxy) is 1. The van der Waals surface area contributed by atoms with Crippen molar-refractivity contribution in [3.05, 3.63) is 51.8 Å². The van der Waals surface area contributed by atoms with Crippen LogP contribution in [0.1, 0.15) is 41.4 Å². The third-order valence-corrected chi connectivity index (χ3v) is 5.30. The molecule has 5 nitrogen and oxygen atoms in total. The van der Waals surface area contributed by atoms with Gasteiger partial charge in [0.1, 0.15) is 16.8 Å². The van der Waals surface area contributed by atoms with Gasteiger partial charge in [-0.2, -0.15) is 5.10 Å². The summed E-state index contributed by atoms with van der Waals surface area (Å²) in [6.45, 7) is 1.51. The van der Waals surface area contributed by atoms with Crippen LogP contribution >= 0.6 is 11.6 Å². The second kappa shape index (κ2) is 8.71. The van der Waals surface area contributed by atoms with E-state index >= 15 is 0 Å². The molecule has 0 amide bonds. The lowest BCUT2D eigenvalue weighted by atomic mass is 10.1. The predicted octanol–water partition coefficient (Wildman–Crippen LogP) is 3.97. The zero-order valence-electron chi connectivity index (χ0n) is 15.7. The van der Waals surface area contributed by atoms with Crippen LogP contribution < -0.4 is 5.32 Å². The van der Waals surface area contributed by atoms with Crippen LogP contribution in [0, 0.1) is 11.6 Å². The summed E-state index contributed by atoms with van der Waals surface area (Å²) in [5, 5.41) is 6.87. The van der Waals surface area contributed by atoms with E-state index in [-0.39, 0.29) is 48.1 Å². The average Bonchev–Trinajstić information content (AvgIpc) is 3.40. The van der Waals surface area contributed by atoms with Crippen LogP contribution in [0.3, 0.4) is 0 Å². The minimum Gasteiger partial charge on any atom is -0.461 e. The Morgan fingerprint density at radius 1 is 1.31 bits per heavy atom. The third kappa shape index (κ3) is 4.56. The molecule has 158 valence electrons. The zero-order chi connectivity index (χ0) is 21.2. The number of hydrogen-bond donors (Lipinski definition) is 1. The highest BCUT2D eigenvalue weighted by Gasteiger charge is 2.50. The summed E-state index contributed by atoms with van der Waals surface area (Å²) in [5.74, 6) is -2.29. The molecule has 0 saturated heterocycles. The van der Waals surface area contributed by atoms with Gasteiger partial charge in [-0.3, -0.25) is 0 Å². The van der Waals surface area contributed by atoms with E-state index in [9.17, 15) is 22.4 Å². The number of carbonyl (C=O) groups is 1. The fourth-order valence-corrected chi connectivity index (χ4v) is 3.33. The van der Waals surface area contributed by atoms with Crippen molar-refractivity contribution in [1.29, 1.82) is 0 Å². The summed E-state index contributed by atoms with van der Waals surface area (Å²) < 4.78 is 60.1. The van der Waals surface area contributed by atoms with E-state index in [2.05, 4.69) is 10.4 Å². The van der Waals surface area contributed by atoms with Crippen molar-refractivity contribution in [2.24, 2.45) is 0 Å². The third-order valence-electron chi connectivity index (χ3n) is 4.88. The van der Waals surface area contributed by atoms with Gasteiger partial charge in [0.2, 0.25) is 0 Å². The molecule has 1 aromatic carbocycles. The summed E-state index contributed by atoms with van der Waals surface area (Å²) in [4.78, 5) is 12.3. The molecule has 1 aromatic heterocycles. The van der Waals surface area contributed by atoms with Gasteiger partial charge in [0.25, 0.3) is 6.43 Å². The van der Waals surface area contributed by atoms with E-state index in [1.54, 1.807) is 6.92 Å². The topological polar surface area (TPSA) is 56.1 Å². The Kier molecular flexibility index (Phi) is 6.48. The van der Waals surface area contributed by atoms with Crippen molar-refractivity contribution in [2.45, 2.75) is 44.7 Å². The Labute approximate surface area is 170 Å². The molecule has 10 heteroatoms. The van der Waals surface area contributed by atoms with Crippen LogP contribution in [0.15, 0.2) is 18.2 Å². The van der Waals surface area contributed by atoms with E-state index in [0.29, 0.717) is 12.8 Å². The largest absolute Gasteiger partial charge is 0.461 e. The van der Waals surface area contributed by atoms with Crippen molar-refractivity contribution in [3.63, 3.8) is 0 Å². The van der Waals surface area contributed by atoms with Gasteiger partial charge < -0.3 is 10.1 Å². The number of benzene rings is 1. The molecule has 1 aliphatic carbocycles. The quantitative estimate of drug-likeness (QED) is 0.480. The maximum atomic E-state index is 14.0. The van der Waals surface area contributed by atoms with Gasteiger partial charge >= 0.3 is 5.97 Å². The molecule has 0 radical (unpaired) electrons. The van der Waals surface area contributed by atoms with Gasteiger partial charge in [0, 0.05) is 17.7 Å². The lowest BCUT2D eigenvalue weighted by molar-refractivity contribution is 0.0516. The first-order valence-electron chi connectivity index (χ1n) is 9.17. The molecule has 0 bridgehead atoms. The molecule has 1 aliphatic rings. The zero-order valence-corrected chi connectivity index (χ0v) is 16.4. The molecule has 0 atom stereocenters. The second-order valence-corrected chi connectivity index (χ2v) is 7.19. The second-order valence-electron chi connectivity index (χ2n) is 6.83. The number of hydrogen-bond acceptors (Lipinski definition) is 4. The Balaban J connectivity index is 1.84. The van der Waals surface area contributed by atoms with Crippen molar-refractivity contribution >= 4 is 17.6 Å². The predicted molar refractivity (Wildman–Crippen MR) is 98.3 cm³/mol. The number of esters is 1. The Bertz CT molecular complexity index is 880. The van der Waals surface area contributed by atoms with Crippen molar-refractivity contribution in [3.8, 4) is 0 Å².